The number of hydrogen-bond acceptors (Lipinski definition) is 1. The lowest BCUT2D eigenvalue weighted by Crippen LogP contribution is -1.87. The molecule has 98 valence electrons. The number of rotatable bonds is 2. The van der Waals surface area contributed by atoms with Gasteiger partial charge in [-0.2, -0.15) is 0 Å². The molecule has 1 heteroatoms. The zero-order valence-electron chi connectivity index (χ0n) is 11.4. The molecule has 3 aromatic rings. The average molecular weight is 260 g/mol. The molecule has 0 saturated carbocycles. The van der Waals surface area contributed by atoms with E-state index in [0.29, 0.717) is 5.75 Å². The van der Waals surface area contributed by atoms with Crippen LogP contribution in [0.3, 0.4) is 0 Å². The van der Waals surface area contributed by atoms with E-state index in [2.05, 4.69) is 18.2 Å². The van der Waals surface area contributed by atoms with Crippen LogP contribution in [0.5, 0.6) is 5.75 Å². The van der Waals surface area contributed by atoms with Gasteiger partial charge in [-0.3, -0.25) is 0 Å². The Morgan fingerprint density at radius 1 is 0.650 bits per heavy atom. The molecule has 0 fully saturated rings. The van der Waals surface area contributed by atoms with Crippen molar-refractivity contribution in [3.8, 4) is 28.0 Å². The molecular weight excluding hydrogens is 244 g/mol. The molecule has 3 rings (SSSR count). The highest BCUT2D eigenvalue weighted by Crippen LogP contribution is 2.36. The topological polar surface area (TPSA) is 20.2 Å². The highest BCUT2D eigenvalue weighted by Gasteiger charge is 2.10. The second-order valence-corrected chi connectivity index (χ2v) is 4.92. The fourth-order valence-electron chi connectivity index (χ4n) is 2.55. The second kappa shape index (κ2) is 5.22. The maximum Gasteiger partial charge on any atom is 0.124 e. The lowest BCUT2D eigenvalue weighted by molar-refractivity contribution is 0.477. The normalized spacial score (nSPS) is 10.4. The van der Waals surface area contributed by atoms with Crippen LogP contribution in [0, 0.1) is 6.92 Å². The van der Waals surface area contributed by atoms with Crippen LogP contribution in [0.1, 0.15) is 5.56 Å². The van der Waals surface area contributed by atoms with Gasteiger partial charge in [0.25, 0.3) is 0 Å². The van der Waals surface area contributed by atoms with Gasteiger partial charge in [-0.1, -0.05) is 66.7 Å². The third-order valence-electron chi connectivity index (χ3n) is 3.48. The van der Waals surface area contributed by atoms with E-state index in [9.17, 15) is 5.11 Å². The number of aryl methyl sites for hydroxylation is 1. The molecular formula is C19H16O. The number of phenolic OH excluding ortho intramolecular Hbond substituents is 1. The van der Waals surface area contributed by atoms with Gasteiger partial charge in [-0.15, -0.1) is 0 Å². The molecule has 0 saturated heterocycles. The number of aromatic hydroxyl groups is 1. The molecule has 20 heavy (non-hydrogen) atoms. The Hall–Kier alpha value is -2.54. The molecule has 0 bridgehead atoms. The third kappa shape index (κ3) is 2.30. The summed E-state index contributed by atoms with van der Waals surface area (Å²) in [5.41, 5.74) is 5.19. The Morgan fingerprint density at radius 2 is 1.20 bits per heavy atom. The minimum absolute atomic E-state index is 0.329. The van der Waals surface area contributed by atoms with E-state index in [1.807, 2.05) is 61.5 Å². The van der Waals surface area contributed by atoms with Crippen molar-refractivity contribution >= 4 is 0 Å². The van der Waals surface area contributed by atoms with E-state index >= 15 is 0 Å². The van der Waals surface area contributed by atoms with Gasteiger partial charge in [0.15, 0.2) is 0 Å². The first-order chi connectivity index (χ1) is 9.75. The first-order valence-electron chi connectivity index (χ1n) is 6.70. The van der Waals surface area contributed by atoms with Crippen LogP contribution in [0.4, 0.5) is 0 Å². The van der Waals surface area contributed by atoms with Crippen LogP contribution in [0.15, 0.2) is 72.8 Å². The molecule has 0 radical (unpaired) electrons. The van der Waals surface area contributed by atoms with E-state index in [1.165, 1.54) is 0 Å². The van der Waals surface area contributed by atoms with E-state index in [0.717, 1.165) is 27.8 Å². The van der Waals surface area contributed by atoms with Crippen LogP contribution in [-0.4, -0.2) is 5.11 Å². The highest BCUT2D eigenvalue weighted by molar-refractivity contribution is 5.79. The van der Waals surface area contributed by atoms with Crippen LogP contribution in [0.2, 0.25) is 0 Å². The average Bonchev–Trinajstić information content (AvgIpc) is 2.48. The van der Waals surface area contributed by atoms with Crippen molar-refractivity contribution in [3.63, 3.8) is 0 Å². The molecule has 0 aliphatic heterocycles. The summed E-state index contributed by atoms with van der Waals surface area (Å²) in [7, 11) is 0. The summed E-state index contributed by atoms with van der Waals surface area (Å²) in [6.45, 7) is 2.04. The SMILES string of the molecule is Cc1cc(-c2ccccc2)cc(O)c1-c1ccccc1. The van der Waals surface area contributed by atoms with Crippen molar-refractivity contribution < 1.29 is 5.11 Å². The summed E-state index contributed by atoms with van der Waals surface area (Å²) < 4.78 is 0. The monoisotopic (exact) mass is 260 g/mol. The van der Waals surface area contributed by atoms with Crippen LogP contribution >= 0.6 is 0 Å². The molecule has 1 N–H and O–H groups in total. The van der Waals surface area contributed by atoms with E-state index in [1.54, 1.807) is 0 Å². The van der Waals surface area contributed by atoms with Gasteiger partial charge in [0, 0.05) is 5.56 Å². The van der Waals surface area contributed by atoms with Gasteiger partial charge in [0.2, 0.25) is 0 Å². The molecule has 3 aromatic carbocycles. The summed E-state index contributed by atoms with van der Waals surface area (Å²) in [5, 5.41) is 10.4. The predicted molar refractivity (Wildman–Crippen MR) is 83.7 cm³/mol. The largest absolute Gasteiger partial charge is 0.507 e. The van der Waals surface area contributed by atoms with Gasteiger partial charge in [0.05, 0.1) is 0 Å². The minimum atomic E-state index is 0.329. The zero-order valence-corrected chi connectivity index (χ0v) is 11.4. The van der Waals surface area contributed by atoms with Gasteiger partial charge in [-0.05, 0) is 35.2 Å². The van der Waals surface area contributed by atoms with Gasteiger partial charge in [-0.25, -0.2) is 0 Å². The molecule has 0 aliphatic rings. The predicted octanol–water partition coefficient (Wildman–Crippen LogP) is 5.03. The van der Waals surface area contributed by atoms with E-state index in [-0.39, 0.29) is 0 Å². The minimum Gasteiger partial charge on any atom is -0.507 e. The Bertz CT molecular complexity index is 692. The van der Waals surface area contributed by atoms with Crippen molar-refractivity contribution in [2.75, 3.05) is 0 Å². The van der Waals surface area contributed by atoms with Crippen molar-refractivity contribution in [2.24, 2.45) is 0 Å². The van der Waals surface area contributed by atoms with Crippen LogP contribution in [-0.2, 0) is 0 Å². The third-order valence-corrected chi connectivity index (χ3v) is 3.48. The second-order valence-electron chi connectivity index (χ2n) is 4.92. The number of hydrogen-bond donors (Lipinski definition) is 1. The molecule has 0 atom stereocenters. The Morgan fingerprint density at radius 3 is 1.75 bits per heavy atom. The summed E-state index contributed by atoms with van der Waals surface area (Å²) in [6.07, 6.45) is 0. The zero-order chi connectivity index (χ0) is 13.9. The maximum absolute atomic E-state index is 10.4. The Labute approximate surface area is 119 Å². The Balaban J connectivity index is 2.13. The fourth-order valence-corrected chi connectivity index (χ4v) is 2.55. The molecule has 0 amide bonds. The van der Waals surface area contributed by atoms with E-state index < -0.39 is 0 Å². The summed E-state index contributed by atoms with van der Waals surface area (Å²) in [6, 6.07) is 24.1. The molecule has 0 unspecified atom stereocenters. The first kappa shape index (κ1) is 12.5. The Kier molecular flexibility index (Phi) is 3.26. The quantitative estimate of drug-likeness (QED) is 0.684. The van der Waals surface area contributed by atoms with Crippen molar-refractivity contribution in [3.05, 3.63) is 78.4 Å². The molecule has 0 aromatic heterocycles. The first-order valence-corrected chi connectivity index (χ1v) is 6.70. The summed E-state index contributed by atoms with van der Waals surface area (Å²) in [5.74, 6) is 0.329. The van der Waals surface area contributed by atoms with Crippen LogP contribution in [0.25, 0.3) is 22.3 Å². The van der Waals surface area contributed by atoms with Crippen molar-refractivity contribution in [1.82, 2.24) is 0 Å². The summed E-state index contributed by atoms with van der Waals surface area (Å²) in [4.78, 5) is 0. The van der Waals surface area contributed by atoms with Crippen molar-refractivity contribution in [2.45, 2.75) is 6.92 Å². The number of phenols is 1. The van der Waals surface area contributed by atoms with E-state index in [4.69, 9.17) is 0 Å². The summed E-state index contributed by atoms with van der Waals surface area (Å²) >= 11 is 0. The standard InChI is InChI=1S/C19H16O/c1-14-12-17(15-8-4-2-5-9-15)13-18(20)19(14)16-10-6-3-7-11-16/h2-13,20H,1H3. The lowest BCUT2D eigenvalue weighted by atomic mass is 9.95. The van der Waals surface area contributed by atoms with Crippen LogP contribution < -0.4 is 0 Å². The van der Waals surface area contributed by atoms with Gasteiger partial charge < -0.3 is 5.11 Å². The molecule has 1 nitrogen and oxygen atoms in total. The molecule has 0 heterocycles. The molecule has 0 spiro atoms. The smallest absolute Gasteiger partial charge is 0.124 e. The molecule has 0 aliphatic carbocycles. The highest BCUT2D eigenvalue weighted by atomic mass is 16.3. The number of benzene rings is 3. The van der Waals surface area contributed by atoms with Gasteiger partial charge >= 0.3 is 0 Å². The lowest BCUT2D eigenvalue weighted by Gasteiger charge is -2.12. The maximum atomic E-state index is 10.4. The van der Waals surface area contributed by atoms with Gasteiger partial charge in [0.1, 0.15) is 5.75 Å². The fraction of sp³-hybridized carbons (Fsp3) is 0.0526. The van der Waals surface area contributed by atoms with Crippen molar-refractivity contribution in [1.29, 1.82) is 0 Å².